The first kappa shape index (κ1) is 20.1. The number of benzene rings is 2. The Hall–Kier alpha value is -3.82. The molecule has 8 nitrogen and oxygen atoms in total. The fourth-order valence-corrected chi connectivity index (χ4v) is 4.29. The summed E-state index contributed by atoms with van der Waals surface area (Å²) >= 11 is 7.31. The van der Waals surface area contributed by atoms with Gasteiger partial charge >= 0.3 is 6.03 Å². The maximum atomic E-state index is 13.2. The highest BCUT2D eigenvalue weighted by molar-refractivity contribution is 7.16. The molecule has 3 heterocycles. The van der Waals surface area contributed by atoms with Crippen molar-refractivity contribution in [3.05, 3.63) is 75.9 Å². The van der Waals surface area contributed by atoms with Crippen molar-refractivity contribution in [3.63, 3.8) is 0 Å². The molecule has 10 heteroatoms. The third-order valence-electron chi connectivity index (χ3n) is 4.85. The predicted octanol–water partition coefficient (Wildman–Crippen LogP) is 4.09. The molecule has 0 atom stereocenters. The van der Waals surface area contributed by atoms with Gasteiger partial charge in [-0.1, -0.05) is 53.3 Å². The zero-order valence-electron chi connectivity index (χ0n) is 16.6. The Labute approximate surface area is 190 Å². The maximum absolute atomic E-state index is 13.2. The molecule has 1 fully saturated rings. The van der Waals surface area contributed by atoms with E-state index >= 15 is 0 Å². The molecule has 0 spiro atoms. The van der Waals surface area contributed by atoms with Crippen molar-refractivity contribution >= 4 is 57.5 Å². The van der Waals surface area contributed by atoms with Crippen molar-refractivity contribution in [2.24, 2.45) is 0 Å². The maximum Gasteiger partial charge on any atom is 0.335 e. The normalized spacial score (nSPS) is 15.6. The highest BCUT2D eigenvalue weighted by atomic mass is 35.5. The number of nitrogens with zero attached hydrogens (tertiary/aromatic N) is 4. The number of rotatable bonds is 3. The van der Waals surface area contributed by atoms with E-state index in [-0.39, 0.29) is 5.57 Å². The smallest absolute Gasteiger partial charge is 0.273 e. The molecule has 0 aliphatic carbocycles. The minimum atomic E-state index is -0.828. The number of hydrogen-bond donors (Lipinski definition) is 1. The topological polar surface area (TPSA) is 96.7 Å². The van der Waals surface area contributed by atoms with E-state index in [4.69, 9.17) is 11.6 Å². The number of hydrogen-bond acceptors (Lipinski definition) is 6. The van der Waals surface area contributed by atoms with E-state index in [9.17, 15) is 14.4 Å². The molecule has 4 amide bonds. The minimum absolute atomic E-state index is 0.204. The average Bonchev–Trinajstić information content (AvgIpc) is 3.29. The lowest BCUT2D eigenvalue weighted by molar-refractivity contribution is -0.122. The Balaban J connectivity index is 1.66. The number of carbonyl (C=O) groups excluding carboxylic acids is 3. The van der Waals surface area contributed by atoms with Crippen molar-refractivity contribution in [3.8, 4) is 11.3 Å². The molecule has 2 aromatic carbocycles. The molecule has 1 saturated heterocycles. The number of fused-ring (bicyclic) bond motifs is 1. The number of anilines is 1. The van der Waals surface area contributed by atoms with Gasteiger partial charge in [-0.05, 0) is 37.3 Å². The van der Waals surface area contributed by atoms with Crippen LogP contribution >= 0.6 is 22.9 Å². The summed E-state index contributed by atoms with van der Waals surface area (Å²) in [5.74, 6) is -1.53. The summed E-state index contributed by atoms with van der Waals surface area (Å²) in [5.41, 5.74) is 1.95. The molecule has 2 aromatic heterocycles. The molecule has 0 saturated carbocycles. The van der Waals surface area contributed by atoms with Crippen molar-refractivity contribution in [2.75, 3.05) is 4.90 Å². The van der Waals surface area contributed by atoms with Crippen LogP contribution in [0.2, 0.25) is 5.02 Å². The van der Waals surface area contributed by atoms with Crippen LogP contribution in [0.15, 0.2) is 60.2 Å². The van der Waals surface area contributed by atoms with Crippen LogP contribution in [-0.2, 0) is 9.59 Å². The van der Waals surface area contributed by atoms with Gasteiger partial charge < -0.3 is 0 Å². The van der Waals surface area contributed by atoms with Gasteiger partial charge in [-0.25, -0.2) is 19.2 Å². The highest BCUT2D eigenvalue weighted by Crippen LogP contribution is 2.30. The first-order chi connectivity index (χ1) is 15.4. The zero-order valence-corrected chi connectivity index (χ0v) is 18.1. The van der Waals surface area contributed by atoms with E-state index in [1.54, 1.807) is 16.6 Å². The fraction of sp³-hybridized carbons (Fsp3) is 0.0455. The summed E-state index contributed by atoms with van der Waals surface area (Å²) in [6.07, 6.45) is 1.43. The van der Waals surface area contributed by atoms with Crippen LogP contribution in [0.1, 0.15) is 10.7 Å². The van der Waals surface area contributed by atoms with Crippen LogP contribution in [0.5, 0.6) is 0 Å². The lowest BCUT2D eigenvalue weighted by Gasteiger charge is -2.26. The Kier molecular flexibility index (Phi) is 4.84. The van der Waals surface area contributed by atoms with Crippen LogP contribution < -0.4 is 10.2 Å². The second-order valence-electron chi connectivity index (χ2n) is 6.96. The van der Waals surface area contributed by atoms with Crippen LogP contribution in [0.25, 0.3) is 22.3 Å². The quantitative estimate of drug-likeness (QED) is 0.364. The van der Waals surface area contributed by atoms with Gasteiger partial charge in [0.2, 0.25) is 4.96 Å². The van der Waals surface area contributed by atoms with Gasteiger partial charge in [0.25, 0.3) is 11.8 Å². The number of imide groups is 2. The monoisotopic (exact) mass is 463 g/mol. The number of barbiturate groups is 1. The molecular weight excluding hydrogens is 450 g/mol. The van der Waals surface area contributed by atoms with Crippen molar-refractivity contribution in [1.29, 1.82) is 0 Å². The van der Waals surface area contributed by atoms with Crippen LogP contribution in [0, 0.1) is 6.92 Å². The Morgan fingerprint density at radius 3 is 2.47 bits per heavy atom. The fourth-order valence-electron chi connectivity index (χ4n) is 3.42. The molecule has 158 valence electrons. The standard InChI is InChI=1S/C22H14ClN5O3S/c1-12-26-28-17(18(24-22(28)32-12)13-5-3-2-4-6-13)11-16-19(29)25-21(31)27(20(16)30)15-9-7-14(23)8-10-15/h2-11H,1H3,(H,25,29,31)/b16-11-. The number of urea groups is 1. The first-order valence-corrected chi connectivity index (χ1v) is 10.7. The van der Waals surface area contributed by atoms with Gasteiger partial charge in [0.1, 0.15) is 10.6 Å². The molecule has 0 radical (unpaired) electrons. The average molecular weight is 464 g/mol. The SMILES string of the molecule is Cc1nn2c(/C=C3/C(=O)NC(=O)N(c4ccc(Cl)cc4)C3=O)c(-c3ccccc3)nc2s1. The van der Waals surface area contributed by atoms with Crippen molar-refractivity contribution < 1.29 is 14.4 Å². The first-order valence-electron chi connectivity index (χ1n) is 9.51. The minimum Gasteiger partial charge on any atom is -0.273 e. The van der Waals surface area contributed by atoms with E-state index in [2.05, 4.69) is 15.4 Å². The summed E-state index contributed by atoms with van der Waals surface area (Å²) < 4.78 is 1.60. The number of nitrogens with one attached hydrogen (secondary N) is 1. The largest absolute Gasteiger partial charge is 0.335 e. The van der Waals surface area contributed by atoms with Gasteiger partial charge in [0.05, 0.1) is 17.1 Å². The molecule has 0 bridgehead atoms. The summed E-state index contributed by atoms with van der Waals surface area (Å²) in [6.45, 7) is 1.85. The molecule has 1 aliphatic heterocycles. The number of aromatic nitrogens is 3. The van der Waals surface area contributed by atoms with Crippen molar-refractivity contribution in [2.45, 2.75) is 6.92 Å². The Morgan fingerprint density at radius 1 is 1.03 bits per heavy atom. The summed E-state index contributed by atoms with van der Waals surface area (Å²) in [4.78, 5) is 44.5. The van der Waals surface area contributed by atoms with Crippen LogP contribution in [0.3, 0.4) is 0 Å². The third-order valence-corrected chi connectivity index (χ3v) is 5.93. The Bertz CT molecular complexity index is 1420. The number of aryl methyl sites for hydroxylation is 1. The summed E-state index contributed by atoms with van der Waals surface area (Å²) in [6, 6.07) is 14.7. The van der Waals surface area contributed by atoms with E-state index in [1.807, 2.05) is 37.3 Å². The number of amides is 4. The molecule has 1 aliphatic rings. The number of carbonyl (C=O) groups is 3. The molecule has 32 heavy (non-hydrogen) atoms. The predicted molar refractivity (Wildman–Crippen MR) is 121 cm³/mol. The van der Waals surface area contributed by atoms with Crippen molar-refractivity contribution in [1.82, 2.24) is 19.9 Å². The lowest BCUT2D eigenvalue weighted by atomic mass is 10.1. The highest BCUT2D eigenvalue weighted by Gasteiger charge is 2.37. The van der Waals surface area contributed by atoms with Gasteiger partial charge in [-0.15, -0.1) is 0 Å². The number of halogens is 1. The van der Waals surface area contributed by atoms with E-state index in [1.165, 1.54) is 29.5 Å². The summed E-state index contributed by atoms with van der Waals surface area (Å²) in [7, 11) is 0. The van der Waals surface area contributed by atoms with Crippen LogP contribution in [-0.4, -0.2) is 32.4 Å². The van der Waals surface area contributed by atoms with E-state index < -0.39 is 17.8 Å². The second kappa shape index (κ2) is 7.70. The second-order valence-corrected chi connectivity index (χ2v) is 8.56. The van der Waals surface area contributed by atoms with Crippen LogP contribution in [0.4, 0.5) is 10.5 Å². The van der Waals surface area contributed by atoms with Gasteiger partial charge in [-0.3, -0.25) is 14.9 Å². The Morgan fingerprint density at radius 2 is 1.75 bits per heavy atom. The molecule has 1 N–H and O–H groups in total. The summed E-state index contributed by atoms with van der Waals surface area (Å²) in [5, 5.41) is 7.93. The van der Waals surface area contributed by atoms with Gasteiger partial charge in [0, 0.05) is 10.6 Å². The number of imidazole rings is 1. The van der Waals surface area contributed by atoms with E-state index in [0.717, 1.165) is 15.5 Å². The van der Waals surface area contributed by atoms with E-state index in [0.29, 0.717) is 27.1 Å². The molecule has 0 unspecified atom stereocenters. The zero-order chi connectivity index (χ0) is 22.4. The molecular formula is C22H14ClN5O3S. The molecule has 4 aromatic rings. The molecule has 5 rings (SSSR count). The third kappa shape index (κ3) is 3.37. The van der Waals surface area contributed by atoms with Gasteiger partial charge in [0.15, 0.2) is 0 Å². The lowest BCUT2D eigenvalue weighted by Crippen LogP contribution is -2.54. The van der Waals surface area contributed by atoms with Gasteiger partial charge in [-0.2, -0.15) is 5.10 Å².